The third-order valence-electron chi connectivity index (χ3n) is 5.81. The van der Waals surface area contributed by atoms with Crippen LogP contribution in [0.25, 0.3) is 0 Å². The predicted octanol–water partition coefficient (Wildman–Crippen LogP) is 3.53. The van der Waals surface area contributed by atoms with E-state index in [1.807, 2.05) is 60.7 Å². The van der Waals surface area contributed by atoms with Gasteiger partial charge in [0.1, 0.15) is 11.7 Å². The topological polar surface area (TPSA) is 81.6 Å². The van der Waals surface area contributed by atoms with Gasteiger partial charge in [0.25, 0.3) is 0 Å². The second-order valence-electron chi connectivity index (χ2n) is 7.66. The smallest absolute Gasteiger partial charge is 0.318 e. The van der Waals surface area contributed by atoms with Crippen LogP contribution in [0.5, 0.6) is 5.75 Å². The minimum Gasteiger partial charge on any atom is -0.497 e. The van der Waals surface area contributed by atoms with E-state index in [4.69, 9.17) is 9.47 Å². The fourth-order valence-electron chi connectivity index (χ4n) is 4.27. The average Bonchev–Trinajstić information content (AvgIpc) is 2.85. The number of Topliss-reactive ketones (excluding diaryl/α,β-unsaturated/α-hetero) is 1. The van der Waals surface area contributed by atoms with Gasteiger partial charge in [0, 0.05) is 25.4 Å². The lowest BCUT2D eigenvalue weighted by molar-refractivity contribution is -0.157. The number of nitrogens with zero attached hydrogens (tertiary/aromatic N) is 3. The molecular formula is C25H25N3O4. The zero-order chi connectivity index (χ0) is 22.5. The number of pyridine rings is 2. The van der Waals surface area contributed by atoms with Crippen LogP contribution in [0, 0.1) is 5.92 Å². The van der Waals surface area contributed by atoms with E-state index in [0.717, 1.165) is 17.0 Å². The summed E-state index contributed by atoms with van der Waals surface area (Å²) < 4.78 is 10.3. The Labute approximate surface area is 187 Å². The third kappa shape index (κ3) is 4.38. The molecule has 4 rings (SSSR count). The number of esters is 1. The number of benzene rings is 1. The molecule has 0 radical (unpaired) electrons. The van der Waals surface area contributed by atoms with Crippen LogP contribution in [0.4, 0.5) is 0 Å². The Morgan fingerprint density at radius 1 is 0.969 bits per heavy atom. The van der Waals surface area contributed by atoms with Crippen LogP contribution in [-0.2, 0) is 20.9 Å². The molecule has 0 aliphatic carbocycles. The maximum absolute atomic E-state index is 13.2. The third-order valence-corrected chi connectivity index (χ3v) is 5.81. The quantitative estimate of drug-likeness (QED) is 0.436. The predicted molar refractivity (Wildman–Crippen MR) is 118 cm³/mol. The van der Waals surface area contributed by atoms with E-state index in [9.17, 15) is 9.59 Å². The van der Waals surface area contributed by atoms with Crippen molar-refractivity contribution in [3.05, 3.63) is 90.0 Å². The maximum atomic E-state index is 13.2. The molecule has 1 fully saturated rings. The number of likely N-dealkylation sites (tertiary alicyclic amines) is 1. The van der Waals surface area contributed by atoms with Crippen molar-refractivity contribution >= 4 is 11.8 Å². The van der Waals surface area contributed by atoms with Gasteiger partial charge >= 0.3 is 5.97 Å². The second-order valence-corrected chi connectivity index (χ2v) is 7.66. The van der Waals surface area contributed by atoms with Crippen molar-refractivity contribution < 1.29 is 19.1 Å². The number of carbonyl (C=O) groups excluding carboxylic acids is 2. The molecule has 3 aromatic rings. The highest BCUT2D eigenvalue weighted by Gasteiger charge is 2.48. The highest BCUT2D eigenvalue weighted by molar-refractivity contribution is 6.00. The summed E-state index contributed by atoms with van der Waals surface area (Å²) in [5, 5.41) is 0. The molecule has 3 atom stereocenters. The Kier molecular flexibility index (Phi) is 6.56. The average molecular weight is 431 g/mol. The van der Waals surface area contributed by atoms with E-state index in [1.165, 1.54) is 7.11 Å². The van der Waals surface area contributed by atoms with E-state index in [2.05, 4.69) is 14.9 Å². The van der Waals surface area contributed by atoms with Gasteiger partial charge in [-0.2, -0.15) is 0 Å². The Bertz CT molecular complexity index is 1060. The summed E-state index contributed by atoms with van der Waals surface area (Å²) in [6.07, 6.45) is 3.55. The Balaban J connectivity index is 1.82. The molecule has 7 heteroatoms. The van der Waals surface area contributed by atoms with Crippen molar-refractivity contribution in [2.45, 2.75) is 25.0 Å². The fourth-order valence-corrected chi connectivity index (χ4v) is 4.27. The first-order valence-electron chi connectivity index (χ1n) is 10.4. The molecule has 32 heavy (non-hydrogen) atoms. The van der Waals surface area contributed by atoms with Crippen molar-refractivity contribution in [3.63, 3.8) is 0 Å². The van der Waals surface area contributed by atoms with Crippen LogP contribution in [0.15, 0.2) is 73.1 Å². The Morgan fingerprint density at radius 2 is 1.62 bits per heavy atom. The van der Waals surface area contributed by atoms with Crippen LogP contribution in [-0.4, -0.2) is 40.8 Å². The number of carbonyl (C=O) groups is 2. The van der Waals surface area contributed by atoms with Crippen molar-refractivity contribution in [1.82, 2.24) is 14.9 Å². The molecular weight excluding hydrogens is 406 g/mol. The number of hydrogen-bond acceptors (Lipinski definition) is 7. The lowest BCUT2D eigenvalue weighted by Gasteiger charge is -2.44. The summed E-state index contributed by atoms with van der Waals surface area (Å²) in [7, 11) is 2.93. The number of aromatic nitrogens is 2. The first kappa shape index (κ1) is 21.6. The van der Waals surface area contributed by atoms with Crippen LogP contribution in [0.1, 0.15) is 35.5 Å². The Morgan fingerprint density at radius 3 is 2.19 bits per heavy atom. The lowest BCUT2D eigenvalue weighted by Crippen LogP contribution is -2.48. The van der Waals surface area contributed by atoms with Gasteiger partial charge in [-0.25, -0.2) is 0 Å². The van der Waals surface area contributed by atoms with E-state index in [1.54, 1.807) is 19.5 Å². The molecule has 164 valence electrons. The van der Waals surface area contributed by atoms with Crippen LogP contribution < -0.4 is 4.74 Å². The van der Waals surface area contributed by atoms with Crippen molar-refractivity contribution in [2.24, 2.45) is 5.92 Å². The second kappa shape index (κ2) is 9.70. The normalized spacial score (nSPS) is 21.2. The van der Waals surface area contributed by atoms with Gasteiger partial charge in [0.05, 0.1) is 37.7 Å². The van der Waals surface area contributed by atoms with Gasteiger partial charge in [-0.3, -0.25) is 24.5 Å². The summed E-state index contributed by atoms with van der Waals surface area (Å²) in [6, 6.07) is 18.0. The van der Waals surface area contributed by atoms with Gasteiger partial charge in [0.15, 0.2) is 5.78 Å². The molecule has 1 aliphatic rings. The van der Waals surface area contributed by atoms with Gasteiger partial charge in [-0.05, 0) is 42.0 Å². The minimum atomic E-state index is -0.965. The van der Waals surface area contributed by atoms with Gasteiger partial charge in [0.2, 0.25) is 0 Å². The highest BCUT2D eigenvalue weighted by atomic mass is 16.5. The molecule has 7 nitrogen and oxygen atoms in total. The molecule has 1 aliphatic heterocycles. The van der Waals surface area contributed by atoms with Crippen LogP contribution >= 0.6 is 0 Å². The fraction of sp³-hybridized carbons (Fsp3) is 0.280. The highest BCUT2D eigenvalue weighted by Crippen LogP contribution is 2.43. The molecule has 1 aromatic carbocycles. The molecule has 2 aromatic heterocycles. The van der Waals surface area contributed by atoms with Gasteiger partial charge < -0.3 is 9.47 Å². The summed E-state index contributed by atoms with van der Waals surface area (Å²) in [5.41, 5.74) is 2.44. The van der Waals surface area contributed by atoms with Crippen molar-refractivity contribution in [2.75, 3.05) is 14.2 Å². The summed E-state index contributed by atoms with van der Waals surface area (Å²) >= 11 is 0. The zero-order valence-electron chi connectivity index (χ0n) is 18.0. The molecule has 0 spiro atoms. The van der Waals surface area contributed by atoms with E-state index in [-0.39, 0.29) is 18.2 Å². The lowest BCUT2D eigenvalue weighted by atomic mass is 9.81. The Hall–Kier alpha value is -3.58. The van der Waals surface area contributed by atoms with Gasteiger partial charge in [-0.1, -0.05) is 24.3 Å². The number of ether oxygens (including phenoxy) is 2. The SMILES string of the molecule is COC(=O)C1C(=O)C[C@@H](c2ccccn2)N(Cc2ccc(OC)cc2)[C@H]1c1ccccn1. The molecule has 0 bridgehead atoms. The molecule has 1 unspecified atom stereocenters. The van der Waals surface area contributed by atoms with Crippen molar-refractivity contribution in [1.29, 1.82) is 0 Å². The number of piperidine rings is 1. The largest absolute Gasteiger partial charge is 0.497 e. The van der Waals surface area contributed by atoms with E-state index >= 15 is 0 Å². The standard InChI is InChI=1S/C25H25N3O4/c1-31-18-11-9-17(10-12-18)16-28-21(19-7-3-5-13-26-19)15-22(29)23(25(30)32-2)24(28)20-8-4-6-14-27-20/h3-14,21,23-24H,15-16H2,1-2H3/t21-,23?,24-/m0/s1. The van der Waals surface area contributed by atoms with Crippen LogP contribution in [0.3, 0.4) is 0 Å². The maximum Gasteiger partial charge on any atom is 0.318 e. The number of methoxy groups -OCH3 is 2. The minimum absolute atomic E-state index is 0.163. The first-order chi connectivity index (χ1) is 15.6. The first-order valence-corrected chi connectivity index (χ1v) is 10.4. The number of ketones is 1. The summed E-state index contributed by atoms with van der Waals surface area (Å²) in [5.74, 6) is -0.926. The van der Waals surface area contributed by atoms with Gasteiger partial charge in [-0.15, -0.1) is 0 Å². The molecule has 0 amide bonds. The van der Waals surface area contributed by atoms with Crippen LogP contribution in [0.2, 0.25) is 0 Å². The summed E-state index contributed by atoms with van der Waals surface area (Å²) in [6.45, 7) is 0.493. The molecule has 1 saturated heterocycles. The molecule has 0 saturated carbocycles. The number of hydrogen-bond donors (Lipinski definition) is 0. The molecule has 0 N–H and O–H groups in total. The molecule has 3 heterocycles. The zero-order valence-corrected chi connectivity index (χ0v) is 18.0. The van der Waals surface area contributed by atoms with Crippen molar-refractivity contribution in [3.8, 4) is 5.75 Å². The van der Waals surface area contributed by atoms with E-state index < -0.39 is 17.9 Å². The van der Waals surface area contributed by atoms with E-state index in [0.29, 0.717) is 12.2 Å². The summed E-state index contributed by atoms with van der Waals surface area (Å²) in [4.78, 5) is 37.2. The monoisotopic (exact) mass is 431 g/mol. The number of rotatable bonds is 6.